The van der Waals surface area contributed by atoms with Crippen molar-refractivity contribution in [3.05, 3.63) is 30.3 Å². The van der Waals surface area contributed by atoms with Gasteiger partial charge in [-0.2, -0.15) is 0 Å². The van der Waals surface area contributed by atoms with E-state index in [0.717, 1.165) is 4.87 Å². The van der Waals surface area contributed by atoms with Crippen LogP contribution in [0.5, 0.6) is 0 Å². The van der Waals surface area contributed by atoms with Gasteiger partial charge in [0, 0.05) is 9.77 Å². The number of unbranched alkanes of at least 4 members (excludes halogenated alkanes) is 5. The Morgan fingerprint density at radius 1 is 0.900 bits per heavy atom. The second-order valence-corrected chi connectivity index (χ2v) is 14.0. The minimum Gasteiger partial charge on any atom is -0.126 e. The number of thioether (sulfide) groups is 1. The molecule has 0 aliphatic heterocycles. The van der Waals surface area contributed by atoms with E-state index in [1.54, 1.807) is 0 Å². The van der Waals surface area contributed by atoms with Crippen LogP contribution >= 0.6 is 11.8 Å². The molecule has 0 heterocycles. The second-order valence-electron chi connectivity index (χ2n) is 6.84. The monoisotopic (exact) mass is 308 g/mol. The van der Waals surface area contributed by atoms with Gasteiger partial charge < -0.3 is 0 Å². The maximum atomic E-state index is 2.52. The van der Waals surface area contributed by atoms with Crippen LogP contribution in [-0.2, 0) is 0 Å². The summed E-state index contributed by atoms with van der Waals surface area (Å²) in [4.78, 5) is 2.31. The topological polar surface area (TPSA) is 0 Å². The maximum Gasteiger partial charge on any atom is 0.0591 e. The van der Waals surface area contributed by atoms with Gasteiger partial charge in [0.2, 0.25) is 0 Å². The summed E-state index contributed by atoms with van der Waals surface area (Å²) >= 11 is 2.13. The first-order valence-corrected chi connectivity index (χ1v) is 12.7. The van der Waals surface area contributed by atoms with E-state index in [4.69, 9.17) is 0 Å². The average molecular weight is 309 g/mol. The van der Waals surface area contributed by atoms with Gasteiger partial charge in [-0.3, -0.25) is 0 Å². The lowest BCUT2D eigenvalue weighted by Crippen LogP contribution is -2.35. The second kappa shape index (κ2) is 9.67. The molecule has 0 fully saturated rings. The Bertz CT molecular complexity index is 342. The first-order valence-electron chi connectivity index (χ1n) is 8.25. The molecule has 0 amide bonds. The Morgan fingerprint density at radius 3 is 2.10 bits per heavy atom. The predicted octanol–water partition coefficient (Wildman–Crippen LogP) is 6.78. The fourth-order valence-corrected chi connectivity index (χ4v) is 6.26. The van der Waals surface area contributed by atoms with Crippen molar-refractivity contribution in [2.45, 2.75) is 81.3 Å². The molecule has 2 heteroatoms. The highest BCUT2D eigenvalue weighted by Crippen LogP contribution is 2.33. The summed E-state index contributed by atoms with van der Waals surface area (Å²) in [6, 6.07) is 11.0. The predicted molar refractivity (Wildman–Crippen MR) is 97.4 cm³/mol. The third kappa shape index (κ3) is 7.54. The Kier molecular flexibility index (Phi) is 8.63. The normalized spacial score (nSPS) is 13.4. The summed E-state index contributed by atoms with van der Waals surface area (Å²) in [5, 5.41) is 0. The van der Waals surface area contributed by atoms with E-state index in [0.29, 0.717) is 0 Å². The molecule has 0 aliphatic carbocycles. The van der Waals surface area contributed by atoms with Gasteiger partial charge in [0.25, 0.3) is 0 Å². The number of benzene rings is 1. The van der Waals surface area contributed by atoms with Crippen molar-refractivity contribution >= 4 is 19.8 Å². The molecule has 1 aromatic carbocycles. The minimum absolute atomic E-state index is 0.857. The quantitative estimate of drug-likeness (QED) is 0.261. The third-order valence-corrected chi connectivity index (χ3v) is 9.57. The van der Waals surface area contributed by atoms with Crippen LogP contribution in [0.25, 0.3) is 0 Å². The molecule has 0 saturated heterocycles. The smallest absolute Gasteiger partial charge is 0.0591 e. The van der Waals surface area contributed by atoms with Gasteiger partial charge >= 0.3 is 0 Å². The molecule has 0 saturated carbocycles. The van der Waals surface area contributed by atoms with Gasteiger partial charge in [0.15, 0.2) is 0 Å². The molecule has 0 N–H and O–H groups in total. The molecule has 0 spiro atoms. The van der Waals surface area contributed by atoms with Crippen molar-refractivity contribution in [2.75, 3.05) is 0 Å². The van der Waals surface area contributed by atoms with E-state index < -0.39 is 8.07 Å². The molecule has 1 atom stereocenters. The maximum absolute atomic E-state index is 2.52. The van der Waals surface area contributed by atoms with Crippen LogP contribution in [0.2, 0.25) is 19.6 Å². The minimum atomic E-state index is -1.08. The van der Waals surface area contributed by atoms with E-state index in [1.165, 1.54) is 49.8 Å². The fraction of sp³-hybridized carbons (Fsp3) is 0.667. The molecule has 114 valence electrons. The zero-order chi connectivity index (χ0) is 14.8. The van der Waals surface area contributed by atoms with Crippen LogP contribution < -0.4 is 0 Å². The molecular formula is C18H32SSi. The highest BCUT2D eigenvalue weighted by Gasteiger charge is 2.26. The van der Waals surface area contributed by atoms with Crippen LogP contribution in [0.1, 0.15) is 51.9 Å². The van der Waals surface area contributed by atoms with E-state index in [1.807, 2.05) is 0 Å². The average Bonchev–Trinajstić information content (AvgIpc) is 2.41. The zero-order valence-electron chi connectivity index (χ0n) is 13.8. The molecular weight excluding hydrogens is 276 g/mol. The molecule has 0 radical (unpaired) electrons. The Hall–Kier alpha value is -0.213. The molecule has 1 unspecified atom stereocenters. The molecule has 20 heavy (non-hydrogen) atoms. The zero-order valence-corrected chi connectivity index (χ0v) is 15.6. The molecule has 0 aliphatic rings. The third-order valence-electron chi connectivity index (χ3n) is 3.81. The van der Waals surface area contributed by atoms with Crippen molar-refractivity contribution in [3.8, 4) is 0 Å². The van der Waals surface area contributed by atoms with Crippen molar-refractivity contribution in [1.82, 2.24) is 0 Å². The van der Waals surface area contributed by atoms with Gasteiger partial charge in [-0.25, -0.2) is 0 Å². The van der Waals surface area contributed by atoms with E-state index in [-0.39, 0.29) is 0 Å². The van der Waals surface area contributed by atoms with Gasteiger partial charge in [-0.05, 0) is 18.6 Å². The van der Waals surface area contributed by atoms with E-state index in [2.05, 4.69) is 68.7 Å². The molecule has 0 nitrogen and oxygen atoms in total. The Labute approximate surface area is 131 Å². The number of rotatable bonds is 10. The fourth-order valence-electron chi connectivity index (χ4n) is 2.44. The summed E-state index contributed by atoms with van der Waals surface area (Å²) in [6.45, 7) is 9.85. The number of hydrogen-bond donors (Lipinski definition) is 0. The summed E-state index contributed by atoms with van der Waals surface area (Å²) < 4.78 is 0. The lowest BCUT2D eigenvalue weighted by molar-refractivity contribution is 0.597. The summed E-state index contributed by atoms with van der Waals surface area (Å²) in [7, 11) is -1.08. The lowest BCUT2D eigenvalue weighted by atomic mass is 10.1. The molecule has 0 bridgehead atoms. The molecule has 1 aromatic rings. The van der Waals surface area contributed by atoms with Crippen molar-refractivity contribution in [3.63, 3.8) is 0 Å². The summed E-state index contributed by atoms with van der Waals surface area (Å²) in [5.74, 6) is 0. The Balaban J connectivity index is 2.38. The molecule has 1 rings (SSSR count). The van der Waals surface area contributed by atoms with Crippen LogP contribution in [0.3, 0.4) is 0 Å². The highest BCUT2D eigenvalue weighted by atomic mass is 32.2. The first kappa shape index (κ1) is 17.8. The van der Waals surface area contributed by atoms with E-state index >= 15 is 0 Å². The van der Waals surface area contributed by atoms with Gasteiger partial charge in [0.1, 0.15) is 0 Å². The largest absolute Gasteiger partial charge is 0.126 e. The van der Waals surface area contributed by atoms with Crippen molar-refractivity contribution in [2.24, 2.45) is 0 Å². The van der Waals surface area contributed by atoms with Gasteiger partial charge in [-0.15, -0.1) is 11.8 Å². The van der Waals surface area contributed by atoms with Crippen LogP contribution in [0.4, 0.5) is 0 Å². The first-order chi connectivity index (χ1) is 9.54. The van der Waals surface area contributed by atoms with Gasteiger partial charge in [0.05, 0.1) is 8.07 Å². The van der Waals surface area contributed by atoms with Crippen molar-refractivity contribution in [1.29, 1.82) is 0 Å². The summed E-state index contributed by atoms with van der Waals surface area (Å²) in [6.07, 6.45) is 9.87. The number of hydrogen-bond acceptors (Lipinski definition) is 1. The van der Waals surface area contributed by atoms with Crippen LogP contribution in [-0.4, -0.2) is 12.9 Å². The van der Waals surface area contributed by atoms with Crippen LogP contribution in [0, 0.1) is 0 Å². The Morgan fingerprint density at radius 2 is 1.50 bits per heavy atom. The highest BCUT2D eigenvalue weighted by molar-refractivity contribution is 8.01. The van der Waals surface area contributed by atoms with Crippen molar-refractivity contribution < 1.29 is 0 Å². The van der Waals surface area contributed by atoms with Gasteiger partial charge in [-0.1, -0.05) is 83.3 Å². The molecule has 0 aromatic heterocycles. The van der Waals surface area contributed by atoms with E-state index in [9.17, 15) is 0 Å². The standard InChI is InChI=1S/C18H32SSi/c1-5-6-7-8-9-13-16-18(20(2,3)4)19-17-14-11-10-12-15-17/h10-12,14-15,18H,5-9,13,16H2,1-4H3. The lowest BCUT2D eigenvalue weighted by Gasteiger charge is -2.28. The van der Waals surface area contributed by atoms with Crippen LogP contribution in [0.15, 0.2) is 35.2 Å². The SMILES string of the molecule is CCCCCCCCC(Sc1ccccc1)[Si](C)(C)C. The summed E-state index contributed by atoms with van der Waals surface area (Å²) in [5.41, 5.74) is 0.